The lowest BCUT2D eigenvalue weighted by atomic mass is 9.99. The zero-order valence-electron chi connectivity index (χ0n) is 76.7. The zero-order chi connectivity index (χ0) is 105. The molecule has 0 heterocycles. The van der Waals surface area contributed by atoms with Crippen LogP contribution in [0, 0.1) is 30.4 Å². The van der Waals surface area contributed by atoms with Gasteiger partial charge in [-0.2, -0.15) is 0 Å². The van der Waals surface area contributed by atoms with Crippen LogP contribution in [0.5, 0.6) is 11.5 Å². The number of nitrogens with one attached hydrogen (secondary N) is 3. The summed E-state index contributed by atoms with van der Waals surface area (Å²) in [6.45, 7) is 8.65. The number of nitrogens with zero attached hydrogens (tertiary/aromatic N) is 1. The highest BCUT2D eigenvalue weighted by Crippen LogP contribution is 2.28. The summed E-state index contributed by atoms with van der Waals surface area (Å²) in [4.78, 5) is 119. The molecule has 10 rings (SSSR count). The third-order valence-corrected chi connectivity index (χ3v) is 25.8. The van der Waals surface area contributed by atoms with Crippen LogP contribution in [0.2, 0.25) is 0 Å². The lowest BCUT2D eigenvalue weighted by Crippen LogP contribution is -2.51. The van der Waals surface area contributed by atoms with Gasteiger partial charge < -0.3 is 65.0 Å². The highest BCUT2D eigenvalue weighted by molar-refractivity contribution is 14.1. The Morgan fingerprint density at radius 3 is 1.10 bits per heavy atom. The van der Waals surface area contributed by atoms with Crippen molar-refractivity contribution in [1.82, 2.24) is 20.9 Å². The summed E-state index contributed by atoms with van der Waals surface area (Å²) in [5.74, 6) is -8.19. The number of methoxy groups -OCH3 is 4. The molecule has 44 heteroatoms. The number of benzene rings is 10. The van der Waals surface area contributed by atoms with Gasteiger partial charge in [-0.05, 0) is 280 Å². The minimum absolute atomic E-state index is 0.00201. The quantitative estimate of drug-likeness (QED) is 0.00697. The van der Waals surface area contributed by atoms with E-state index < -0.39 is 146 Å². The number of carbonyl (C=O) groups is 10. The number of Topliss-reactive ketones (excluding diaryl/α,β-unsaturated/α-hetero) is 3. The molecule has 0 saturated heterocycles. The van der Waals surface area contributed by atoms with Gasteiger partial charge in [-0.15, -0.1) is 0 Å². The number of sulfone groups is 4. The number of hydrogen-bond donors (Lipinski definition) is 7. The topological polar surface area (TPSA) is 474 Å². The van der Waals surface area contributed by atoms with Gasteiger partial charge in [-0.1, -0.05) is 72.1 Å². The highest BCUT2D eigenvalue weighted by atomic mass is 127. The molecule has 0 spiro atoms. The number of rotatable bonds is 31. The van der Waals surface area contributed by atoms with Crippen molar-refractivity contribution in [2.24, 2.45) is 0 Å². The lowest BCUT2D eigenvalue weighted by molar-refractivity contribution is 0.00829. The second-order valence-corrected chi connectivity index (χ2v) is 44.8. The molecule has 746 valence electrons. The standard InChI is InChI=1S/C33H38F2N2O8S.C28H30F2N2O6S.C10H10O5S.C9H9BrO4S.C8H6BrIO2.C7H4BrIO2/c1-20(38)23-14-24(16-28(15-23)46(6,42)43)31(40)36-29(13-22-10-25(34)17-26(35)11-22)30(39)19-37(32(41)45-33(2,3)4)18-21-8-7-9-27(12-21)44-5;1-17(33)20-11-21(13-25(12-20)39(3,36)37)28(35)32-26(10-19-7-22(29)14-23(30)8-19)27(34)16-31-15-18-5-4-6-24(9-18)38-2;1-6(11)7-3-8(10(12)13)5-9(4-7)16(2,14)15;1-14-9(11)6-3-7(10)5-8(4-6)15(2,12)13;1-12-8(11)5-2-6(9)4-7(10)3-5;8-5-1-4(7(10)11)2-6(9)3-5/h7-12,14-17,29-30,39H,13,18-19H2,1-6H3,(H,36,40);4-9,11-14,26-27,31,34H,10,15-16H2,1-3H3,(H,32,35);3-5H,1-2H3,(H,12,13);3-5H,1-2H3;2-4H,1H3;1-3H,(H,10,11)/t29-,30+;26-,27+;;;;/m00..../s1. The number of halogens is 9. The average molecular weight is 2420 g/mol. The minimum Gasteiger partial charge on any atom is -0.497 e. The van der Waals surface area contributed by atoms with Crippen LogP contribution >= 0.6 is 93.0 Å². The number of carboxylic acids is 2. The Morgan fingerprint density at radius 2 is 0.734 bits per heavy atom. The van der Waals surface area contributed by atoms with E-state index in [0.717, 1.165) is 101 Å². The molecule has 0 radical (unpaired) electrons. The van der Waals surface area contributed by atoms with Crippen LogP contribution in [0.1, 0.15) is 157 Å². The largest absolute Gasteiger partial charge is 0.497 e. The number of ketones is 3. The van der Waals surface area contributed by atoms with Gasteiger partial charge in [0, 0.05) is 105 Å². The molecule has 31 nitrogen and oxygen atoms in total. The zero-order valence-corrected chi connectivity index (χ0v) is 89.0. The Kier molecular flexibility index (Phi) is 45.9. The van der Waals surface area contributed by atoms with E-state index in [9.17, 15) is 109 Å². The first-order valence-electron chi connectivity index (χ1n) is 40.4. The summed E-state index contributed by atoms with van der Waals surface area (Å²) in [6, 6.07) is 42.5. The van der Waals surface area contributed by atoms with Crippen molar-refractivity contribution in [3.63, 3.8) is 0 Å². The van der Waals surface area contributed by atoms with Crippen LogP contribution in [0.3, 0.4) is 0 Å². The summed E-state index contributed by atoms with van der Waals surface area (Å²) in [7, 11) is -8.78. The predicted octanol–water partition coefficient (Wildman–Crippen LogP) is 16.0. The maximum atomic E-state index is 14.1. The first kappa shape index (κ1) is 119. The van der Waals surface area contributed by atoms with Crippen molar-refractivity contribution in [2.45, 2.75) is 117 Å². The molecule has 0 aromatic heterocycles. The molecule has 3 amide bonds. The van der Waals surface area contributed by atoms with Gasteiger partial charge in [-0.3, -0.25) is 24.0 Å². The third-order valence-electron chi connectivity index (χ3n) is 18.8. The number of carbonyl (C=O) groups excluding carboxylic acids is 8. The number of esters is 2. The summed E-state index contributed by atoms with van der Waals surface area (Å²) >= 11 is 13.9. The van der Waals surface area contributed by atoms with Crippen molar-refractivity contribution in [2.75, 3.05) is 66.6 Å². The van der Waals surface area contributed by atoms with Gasteiger partial charge in [-0.25, -0.2) is 75.2 Å². The van der Waals surface area contributed by atoms with Gasteiger partial charge >= 0.3 is 30.0 Å². The SMILES string of the molecule is CC(=O)c1cc(C(=O)O)cc(S(C)(=O)=O)c1.COC(=O)c1cc(Br)cc(I)c1.COC(=O)c1cc(Br)cc(S(C)(=O)=O)c1.COc1cccc(CN(C[C@@H](O)[C@H](Cc2cc(F)cc(F)c2)NC(=O)c2cc(C(C)=O)cc(S(C)(=O)=O)c2)C(=O)OC(C)(C)C)c1.COc1cccc(CNC[C@@H](O)[C@H](Cc2cc(F)cc(F)c2)NC(=O)c2cc(C(C)=O)cc(S(C)(=O)=O)c2)c1.O=C(O)c1cc(Br)cc(I)c1. The Hall–Kier alpha value is -10.8. The molecule has 0 fully saturated rings. The highest BCUT2D eigenvalue weighted by Gasteiger charge is 2.32. The van der Waals surface area contributed by atoms with Gasteiger partial charge in [0.25, 0.3) is 11.8 Å². The molecule has 10 aromatic carbocycles. The number of aliphatic hydroxyl groups is 2. The Labute approximate surface area is 853 Å². The molecular weight excluding hydrogens is 2330 g/mol. The van der Waals surface area contributed by atoms with E-state index in [1.807, 2.05) is 30.3 Å². The molecule has 0 bridgehead atoms. The van der Waals surface area contributed by atoms with Gasteiger partial charge in [0.15, 0.2) is 56.7 Å². The van der Waals surface area contributed by atoms with E-state index in [1.54, 1.807) is 82.5 Å². The Morgan fingerprint density at radius 1 is 0.410 bits per heavy atom. The normalized spacial score (nSPS) is 12.0. The van der Waals surface area contributed by atoms with E-state index in [-0.39, 0.29) is 107 Å². The summed E-state index contributed by atoms with van der Waals surface area (Å²) in [5, 5.41) is 48.2. The predicted molar refractivity (Wildman–Crippen MR) is 535 cm³/mol. The van der Waals surface area contributed by atoms with Crippen molar-refractivity contribution in [3.8, 4) is 11.5 Å². The third kappa shape index (κ3) is 41.1. The van der Waals surface area contributed by atoms with E-state index in [1.165, 1.54) is 89.5 Å². The van der Waals surface area contributed by atoms with Crippen molar-refractivity contribution >= 4 is 191 Å². The summed E-state index contributed by atoms with van der Waals surface area (Å²) in [6.07, 6.45) is -0.0202. The van der Waals surface area contributed by atoms with E-state index >= 15 is 0 Å². The molecule has 7 N–H and O–H groups in total. The maximum absolute atomic E-state index is 14.1. The number of aromatic carboxylic acids is 2. The van der Waals surface area contributed by atoms with E-state index in [2.05, 4.69) is 118 Å². The van der Waals surface area contributed by atoms with Crippen LogP contribution < -0.4 is 25.4 Å². The second-order valence-electron chi connectivity index (χ2n) is 31.5. The van der Waals surface area contributed by atoms with Crippen molar-refractivity contribution in [1.29, 1.82) is 0 Å². The first-order chi connectivity index (χ1) is 64.5. The van der Waals surface area contributed by atoms with Gasteiger partial charge in [0.2, 0.25) is 0 Å². The first-order valence-corrected chi connectivity index (χ1v) is 52.6. The van der Waals surface area contributed by atoms with E-state index in [0.29, 0.717) is 51.3 Å². The fourth-order valence-electron chi connectivity index (χ4n) is 12.1. The summed E-state index contributed by atoms with van der Waals surface area (Å²) < 4.78 is 179. The number of carboxylic acid groups (broad SMARTS) is 2. The smallest absolute Gasteiger partial charge is 0.410 e. The monoisotopic (exact) mass is 2420 g/mol. The molecule has 0 saturated carbocycles. The van der Waals surface area contributed by atoms with Crippen molar-refractivity contribution in [3.05, 3.63) is 310 Å². The molecule has 10 aromatic rings. The van der Waals surface area contributed by atoms with Crippen LogP contribution in [0.15, 0.2) is 227 Å². The molecule has 0 unspecified atom stereocenters. The number of hydrogen-bond acceptors (Lipinski definition) is 26. The molecule has 0 aliphatic carbocycles. The second kappa shape index (κ2) is 53.7. The fraction of sp³-hybridized carbons (Fsp3) is 0.263. The van der Waals surface area contributed by atoms with Crippen LogP contribution in [0.25, 0.3) is 0 Å². The molecule has 139 heavy (non-hydrogen) atoms. The average Bonchev–Trinajstić information content (AvgIpc) is 0.805. The van der Waals surface area contributed by atoms with Crippen LogP contribution in [-0.4, -0.2) is 215 Å². The van der Waals surface area contributed by atoms with E-state index in [4.69, 9.17) is 24.4 Å². The summed E-state index contributed by atoms with van der Waals surface area (Å²) in [5.41, 5.74) is 1.52. The van der Waals surface area contributed by atoms with Gasteiger partial charge in [0.1, 0.15) is 40.4 Å². The molecule has 0 aliphatic heterocycles. The number of ether oxygens (including phenoxy) is 5. The van der Waals surface area contributed by atoms with Crippen LogP contribution in [-0.2, 0) is 79.5 Å². The van der Waals surface area contributed by atoms with Gasteiger partial charge in [0.05, 0.1) is 101 Å². The van der Waals surface area contributed by atoms with Crippen molar-refractivity contribution < 1.29 is 143 Å². The Balaban J connectivity index is 0.000000324. The lowest BCUT2D eigenvalue weighted by Gasteiger charge is -2.32. The molecular formula is C95H97Br3F4I2N4O27S4. The fourth-order valence-corrected chi connectivity index (χ4v) is 18.7. The van der Waals surface area contributed by atoms with Crippen LogP contribution in [0.4, 0.5) is 22.4 Å². The number of aliphatic hydroxyl groups excluding tert-OH is 2. The Bertz CT molecular complexity index is 6610. The molecule has 4 atom stereocenters. The minimum atomic E-state index is -3.83. The molecule has 0 aliphatic rings. The number of amides is 3. The maximum Gasteiger partial charge on any atom is 0.410 e.